The number of imidazole rings is 1. The number of aryl methyl sites for hydroxylation is 2. The van der Waals surface area contributed by atoms with Gasteiger partial charge in [-0.1, -0.05) is 37.2 Å². The molecule has 0 saturated heterocycles. The first-order valence-corrected chi connectivity index (χ1v) is 7.58. The average molecular weight is 290 g/mol. The van der Waals surface area contributed by atoms with Crippen molar-refractivity contribution in [1.29, 1.82) is 0 Å². The van der Waals surface area contributed by atoms with E-state index in [9.17, 15) is 4.79 Å². The van der Waals surface area contributed by atoms with Gasteiger partial charge in [0.15, 0.2) is 5.16 Å². The lowest BCUT2D eigenvalue weighted by molar-refractivity contribution is -0.133. The summed E-state index contributed by atoms with van der Waals surface area (Å²) in [6, 6.07) is 8.33. The van der Waals surface area contributed by atoms with E-state index in [0.717, 1.165) is 24.2 Å². The smallest absolute Gasteiger partial charge is 0.313 e. The maximum Gasteiger partial charge on any atom is 0.313 e. The van der Waals surface area contributed by atoms with Crippen molar-refractivity contribution >= 4 is 17.7 Å². The quantitative estimate of drug-likeness (QED) is 0.829. The van der Waals surface area contributed by atoms with Crippen molar-refractivity contribution in [2.75, 3.05) is 5.75 Å². The molecule has 20 heavy (non-hydrogen) atoms. The molecule has 0 atom stereocenters. The van der Waals surface area contributed by atoms with Crippen molar-refractivity contribution in [3.8, 4) is 5.69 Å². The van der Waals surface area contributed by atoms with Crippen LogP contribution in [0.2, 0.25) is 0 Å². The Labute approximate surface area is 122 Å². The third kappa shape index (κ3) is 3.63. The number of carboxylic acid groups (broad SMARTS) is 1. The Balaban J connectivity index is 2.24. The molecule has 2 rings (SSSR count). The predicted octanol–water partition coefficient (Wildman–Crippen LogP) is 3.31. The minimum atomic E-state index is -0.833. The van der Waals surface area contributed by atoms with Gasteiger partial charge < -0.3 is 5.11 Å². The van der Waals surface area contributed by atoms with Gasteiger partial charge >= 0.3 is 5.97 Å². The van der Waals surface area contributed by atoms with Crippen LogP contribution in [-0.4, -0.2) is 26.4 Å². The van der Waals surface area contributed by atoms with Gasteiger partial charge in [0, 0.05) is 11.9 Å². The van der Waals surface area contributed by atoms with Crippen LogP contribution in [0, 0.1) is 6.92 Å². The lowest BCUT2D eigenvalue weighted by Crippen LogP contribution is -2.01. The van der Waals surface area contributed by atoms with Crippen molar-refractivity contribution in [2.24, 2.45) is 0 Å². The second kappa shape index (κ2) is 6.61. The first-order valence-electron chi connectivity index (χ1n) is 6.60. The van der Waals surface area contributed by atoms with Crippen LogP contribution in [0.1, 0.15) is 24.6 Å². The molecule has 5 heteroatoms. The number of carboxylic acids is 1. The molecule has 1 aromatic heterocycles. The number of aromatic nitrogens is 2. The van der Waals surface area contributed by atoms with Gasteiger partial charge in [-0.3, -0.25) is 9.36 Å². The van der Waals surface area contributed by atoms with Crippen LogP contribution in [-0.2, 0) is 11.2 Å². The van der Waals surface area contributed by atoms with Gasteiger partial charge in [0.05, 0.1) is 11.4 Å². The normalized spacial score (nSPS) is 10.7. The molecule has 0 fully saturated rings. The van der Waals surface area contributed by atoms with Crippen LogP contribution in [0.15, 0.2) is 35.6 Å². The van der Waals surface area contributed by atoms with E-state index in [0.29, 0.717) is 5.16 Å². The fourth-order valence-electron chi connectivity index (χ4n) is 2.00. The Morgan fingerprint density at radius 2 is 2.05 bits per heavy atom. The lowest BCUT2D eigenvalue weighted by atomic mass is 10.1. The Morgan fingerprint density at radius 1 is 1.35 bits per heavy atom. The van der Waals surface area contributed by atoms with E-state index in [1.54, 1.807) is 0 Å². The molecule has 0 aliphatic carbocycles. The molecule has 0 unspecified atom stereocenters. The minimum absolute atomic E-state index is 0.0182. The number of thioether (sulfide) groups is 1. The van der Waals surface area contributed by atoms with E-state index in [-0.39, 0.29) is 5.75 Å². The van der Waals surface area contributed by atoms with Crippen LogP contribution in [0.3, 0.4) is 0 Å². The highest BCUT2D eigenvalue weighted by atomic mass is 32.2. The number of carbonyl (C=O) groups is 1. The predicted molar refractivity (Wildman–Crippen MR) is 80.7 cm³/mol. The second-order valence-electron chi connectivity index (χ2n) is 4.63. The molecule has 0 bridgehead atoms. The Kier molecular flexibility index (Phi) is 4.84. The molecule has 0 aliphatic heterocycles. The van der Waals surface area contributed by atoms with E-state index in [1.807, 2.05) is 17.7 Å². The SMILES string of the molecule is CCCc1ccc(-n2cc(C)nc2SCC(=O)O)cc1. The molecular formula is C15H18N2O2S. The Bertz CT molecular complexity index is 590. The van der Waals surface area contributed by atoms with Crippen LogP contribution < -0.4 is 0 Å². The third-order valence-corrected chi connectivity index (χ3v) is 3.81. The third-order valence-electron chi connectivity index (χ3n) is 2.87. The minimum Gasteiger partial charge on any atom is -0.481 e. The van der Waals surface area contributed by atoms with Crippen molar-refractivity contribution in [3.63, 3.8) is 0 Å². The molecule has 0 aliphatic rings. The van der Waals surface area contributed by atoms with Crippen molar-refractivity contribution in [1.82, 2.24) is 9.55 Å². The van der Waals surface area contributed by atoms with Gasteiger partial charge in [-0.2, -0.15) is 0 Å². The molecule has 1 aromatic carbocycles. The summed E-state index contributed by atoms with van der Waals surface area (Å²) in [6.07, 6.45) is 4.13. The first kappa shape index (κ1) is 14.7. The molecule has 0 radical (unpaired) electrons. The zero-order chi connectivity index (χ0) is 14.5. The largest absolute Gasteiger partial charge is 0.481 e. The highest BCUT2D eigenvalue weighted by Gasteiger charge is 2.10. The number of rotatable bonds is 6. The standard InChI is InChI=1S/C15H18N2O2S/c1-3-4-12-5-7-13(8-6-12)17-9-11(2)16-15(17)20-10-14(18)19/h5-9H,3-4,10H2,1-2H3,(H,18,19). The summed E-state index contributed by atoms with van der Waals surface area (Å²) < 4.78 is 1.94. The summed E-state index contributed by atoms with van der Waals surface area (Å²) in [6.45, 7) is 4.07. The van der Waals surface area contributed by atoms with Gasteiger partial charge in [0.1, 0.15) is 0 Å². The first-order chi connectivity index (χ1) is 9.60. The summed E-state index contributed by atoms with van der Waals surface area (Å²) >= 11 is 1.24. The molecule has 106 valence electrons. The van der Waals surface area contributed by atoms with Crippen LogP contribution in [0.5, 0.6) is 0 Å². The average Bonchev–Trinajstić information content (AvgIpc) is 2.79. The zero-order valence-corrected chi connectivity index (χ0v) is 12.5. The Morgan fingerprint density at radius 3 is 2.65 bits per heavy atom. The van der Waals surface area contributed by atoms with Gasteiger partial charge in [-0.15, -0.1) is 0 Å². The maximum atomic E-state index is 10.7. The van der Waals surface area contributed by atoms with Gasteiger partial charge in [0.2, 0.25) is 0 Å². The molecule has 2 aromatic rings. The Hall–Kier alpha value is -1.75. The summed E-state index contributed by atoms with van der Waals surface area (Å²) in [5.74, 6) is -0.815. The van der Waals surface area contributed by atoms with Crippen LogP contribution in [0.4, 0.5) is 0 Å². The van der Waals surface area contributed by atoms with Crippen molar-refractivity contribution in [2.45, 2.75) is 31.8 Å². The van der Waals surface area contributed by atoms with Gasteiger partial charge in [-0.05, 0) is 31.0 Å². The second-order valence-corrected chi connectivity index (χ2v) is 5.58. The summed E-state index contributed by atoms with van der Waals surface area (Å²) in [7, 11) is 0. The number of nitrogens with zero attached hydrogens (tertiary/aromatic N) is 2. The molecule has 1 heterocycles. The lowest BCUT2D eigenvalue weighted by Gasteiger charge is -2.07. The fraction of sp³-hybridized carbons (Fsp3) is 0.333. The highest BCUT2D eigenvalue weighted by molar-refractivity contribution is 7.99. The van der Waals surface area contributed by atoms with Gasteiger partial charge in [-0.25, -0.2) is 4.98 Å². The summed E-state index contributed by atoms with van der Waals surface area (Å²) in [4.78, 5) is 15.1. The van der Waals surface area contributed by atoms with Crippen molar-refractivity contribution in [3.05, 3.63) is 41.7 Å². The molecular weight excluding hydrogens is 272 g/mol. The highest BCUT2D eigenvalue weighted by Crippen LogP contribution is 2.22. The summed E-state index contributed by atoms with van der Waals surface area (Å²) in [5.41, 5.74) is 3.21. The molecule has 1 N–H and O–H groups in total. The molecule has 4 nitrogen and oxygen atoms in total. The molecule has 0 amide bonds. The summed E-state index contributed by atoms with van der Waals surface area (Å²) in [5, 5.41) is 9.50. The zero-order valence-electron chi connectivity index (χ0n) is 11.7. The number of aliphatic carboxylic acids is 1. The van der Waals surface area contributed by atoms with E-state index < -0.39 is 5.97 Å². The number of benzene rings is 1. The monoisotopic (exact) mass is 290 g/mol. The number of hydrogen-bond acceptors (Lipinski definition) is 3. The van der Waals surface area contributed by atoms with Crippen LogP contribution >= 0.6 is 11.8 Å². The van der Waals surface area contributed by atoms with Crippen LogP contribution in [0.25, 0.3) is 5.69 Å². The van der Waals surface area contributed by atoms with Crippen molar-refractivity contribution < 1.29 is 9.90 Å². The maximum absolute atomic E-state index is 10.7. The van der Waals surface area contributed by atoms with Gasteiger partial charge in [0.25, 0.3) is 0 Å². The van der Waals surface area contributed by atoms with E-state index in [1.165, 1.54) is 17.3 Å². The molecule has 0 spiro atoms. The van der Waals surface area contributed by atoms with E-state index in [2.05, 4.69) is 36.2 Å². The molecule has 0 saturated carbocycles. The van der Waals surface area contributed by atoms with E-state index >= 15 is 0 Å². The van der Waals surface area contributed by atoms with E-state index in [4.69, 9.17) is 5.11 Å². The topological polar surface area (TPSA) is 55.1 Å². The fourth-order valence-corrected chi connectivity index (χ4v) is 2.76. The number of hydrogen-bond donors (Lipinski definition) is 1.